The van der Waals surface area contributed by atoms with Gasteiger partial charge < -0.3 is 9.15 Å². The monoisotopic (exact) mass is 260 g/mol. The molecular weight excluding hydrogens is 248 g/mol. The number of aliphatic imine (C=N–C) groups is 1. The normalized spacial score (nSPS) is 10.8. The summed E-state index contributed by atoms with van der Waals surface area (Å²) in [6, 6.07) is 9.98. The van der Waals surface area contributed by atoms with E-state index in [1.165, 1.54) is 18.3 Å². The maximum atomic E-state index is 10.4. The van der Waals surface area contributed by atoms with Crippen LogP contribution in [0.25, 0.3) is 0 Å². The van der Waals surface area contributed by atoms with Gasteiger partial charge >= 0.3 is 5.88 Å². The van der Waals surface area contributed by atoms with E-state index in [4.69, 9.17) is 9.15 Å². The third kappa shape index (κ3) is 3.41. The van der Waals surface area contributed by atoms with Gasteiger partial charge in [-0.1, -0.05) is 0 Å². The van der Waals surface area contributed by atoms with E-state index in [1.54, 1.807) is 24.3 Å². The molecule has 0 saturated heterocycles. The molecule has 0 N–H and O–H groups in total. The van der Waals surface area contributed by atoms with Gasteiger partial charge in [0, 0.05) is 0 Å². The third-order valence-electron chi connectivity index (χ3n) is 2.28. The van der Waals surface area contributed by atoms with E-state index in [1.807, 2.05) is 6.92 Å². The summed E-state index contributed by atoms with van der Waals surface area (Å²) in [6.45, 7) is 2.52. The van der Waals surface area contributed by atoms with E-state index >= 15 is 0 Å². The van der Waals surface area contributed by atoms with Crippen molar-refractivity contribution in [2.45, 2.75) is 6.92 Å². The van der Waals surface area contributed by atoms with Crippen LogP contribution in [-0.2, 0) is 0 Å². The van der Waals surface area contributed by atoms with Crippen LogP contribution in [0.2, 0.25) is 0 Å². The second-order valence-corrected chi connectivity index (χ2v) is 3.62. The summed E-state index contributed by atoms with van der Waals surface area (Å²) in [5.74, 6) is 0.809. The first kappa shape index (κ1) is 12.8. The molecule has 0 bridgehead atoms. The lowest BCUT2D eigenvalue weighted by molar-refractivity contribution is -0.402. The van der Waals surface area contributed by atoms with Crippen molar-refractivity contribution in [3.05, 3.63) is 52.3 Å². The van der Waals surface area contributed by atoms with Crippen molar-refractivity contribution in [1.29, 1.82) is 0 Å². The largest absolute Gasteiger partial charge is 0.494 e. The van der Waals surface area contributed by atoms with E-state index in [0.717, 1.165) is 5.75 Å². The first-order valence-electron chi connectivity index (χ1n) is 5.70. The Labute approximate surface area is 109 Å². The molecular formula is C13H12N2O4. The number of hydrogen-bond acceptors (Lipinski definition) is 5. The molecule has 6 heteroatoms. The van der Waals surface area contributed by atoms with Crippen molar-refractivity contribution in [3.63, 3.8) is 0 Å². The number of hydrogen-bond donors (Lipinski definition) is 0. The molecule has 19 heavy (non-hydrogen) atoms. The molecule has 2 rings (SSSR count). The smallest absolute Gasteiger partial charge is 0.433 e. The molecule has 0 amide bonds. The summed E-state index contributed by atoms with van der Waals surface area (Å²) < 4.78 is 10.3. The van der Waals surface area contributed by atoms with Crippen molar-refractivity contribution < 1.29 is 14.1 Å². The van der Waals surface area contributed by atoms with Gasteiger partial charge in [0.1, 0.15) is 10.7 Å². The molecule has 0 saturated carbocycles. The van der Waals surface area contributed by atoms with E-state index in [2.05, 4.69) is 4.99 Å². The molecule has 0 atom stereocenters. The maximum Gasteiger partial charge on any atom is 0.433 e. The van der Waals surface area contributed by atoms with E-state index in [-0.39, 0.29) is 5.88 Å². The topological polar surface area (TPSA) is 77.9 Å². The fraction of sp³-hybridized carbons (Fsp3) is 0.154. The molecule has 98 valence electrons. The van der Waals surface area contributed by atoms with Gasteiger partial charge in [-0.2, -0.15) is 0 Å². The summed E-state index contributed by atoms with van der Waals surface area (Å²) in [5, 5.41) is 10.4. The minimum atomic E-state index is -0.589. The second-order valence-electron chi connectivity index (χ2n) is 3.62. The van der Waals surface area contributed by atoms with Crippen LogP contribution in [0.4, 0.5) is 11.6 Å². The van der Waals surface area contributed by atoms with Crippen LogP contribution in [0.3, 0.4) is 0 Å². The summed E-state index contributed by atoms with van der Waals surface area (Å²) >= 11 is 0. The molecule has 2 aromatic rings. The van der Waals surface area contributed by atoms with Gasteiger partial charge in [-0.05, 0) is 37.3 Å². The lowest BCUT2D eigenvalue weighted by Gasteiger charge is -2.01. The van der Waals surface area contributed by atoms with Crippen LogP contribution in [0.5, 0.6) is 5.75 Å². The summed E-state index contributed by atoms with van der Waals surface area (Å²) in [4.78, 5) is 14.0. The van der Waals surface area contributed by atoms with Crippen molar-refractivity contribution in [2.24, 2.45) is 4.99 Å². The number of ether oxygens (including phenoxy) is 1. The van der Waals surface area contributed by atoms with Gasteiger partial charge in [-0.25, -0.2) is 0 Å². The minimum absolute atomic E-state index is 0.298. The van der Waals surface area contributed by atoms with Crippen LogP contribution in [0.15, 0.2) is 45.8 Å². The number of benzene rings is 1. The predicted molar refractivity (Wildman–Crippen MR) is 70.2 cm³/mol. The fourth-order valence-corrected chi connectivity index (χ4v) is 1.44. The van der Waals surface area contributed by atoms with Crippen LogP contribution in [-0.4, -0.2) is 17.7 Å². The van der Waals surface area contributed by atoms with Crippen LogP contribution in [0, 0.1) is 10.1 Å². The van der Waals surface area contributed by atoms with Gasteiger partial charge in [0.25, 0.3) is 0 Å². The Morgan fingerprint density at radius 1 is 1.32 bits per heavy atom. The fourth-order valence-electron chi connectivity index (χ4n) is 1.44. The zero-order valence-electron chi connectivity index (χ0n) is 10.3. The number of furan rings is 1. The van der Waals surface area contributed by atoms with Crippen molar-refractivity contribution in [3.8, 4) is 5.75 Å². The average molecular weight is 260 g/mol. The second kappa shape index (κ2) is 5.81. The van der Waals surface area contributed by atoms with Gasteiger partial charge in [0.2, 0.25) is 0 Å². The number of nitro groups is 1. The molecule has 0 fully saturated rings. The van der Waals surface area contributed by atoms with E-state index in [0.29, 0.717) is 18.1 Å². The predicted octanol–water partition coefficient (Wildman–Crippen LogP) is 3.34. The van der Waals surface area contributed by atoms with Gasteiger partial charge in [-0.3, -0.25) is 15.1 Å². The molecule has 1 aromatic carbocycles. The number of nitrogens with zero attached hydrogens (tertiary/aromatic N) is 2. The molecule has 0 unspecified atom stereocenters. The van der Waals surface area contributed by atoms with Crippen molar-refractivity contribution in [1.82, 2.24) is 0 Å². The Kier molecular flexibility index (Phi) is 3.92. The molecule has 0 radical (unpaired) electrons. The molecule has 0 aliphatic heterocycles. The molecule has 0 aliphatic rings. The van der Waals surface area contributed by atoms with Gasteiger partial charge in [0.05, 0.1) is 24.6 Å². The molecule has 0 spiro atoms. The van der Waals surface area contributed by atoms with Crippen molar-refractivity contribution >= 4 is 17.8 Å². The standard InChI is InChI=1S/C13H12N2O4/c1-2-18-11-5-3-10(4-6-11)14-9-12-7-8-13(19-12)15(16)17/h3-9H,2H2,1H3. The molecule has 1 heterocycles. The van der Waals surface area contributed by atoms with Crippen LogP contribution >= 0.6 is 0 Å². The zero-order chi connectivity index (χ0) is 13.7. The highest BCUT2D eigenvalue weighted by Gasteiger charge is 2.09. The van der Waals surface area contributed by atoms with E-state index in [9.17, 15) is 10.1 Å². The van der Waals surface area contributed by atoms with Crippen LogP contribution in [0.1, 0.15) is 12.7 Å². The summed E-state index contributed by atoms with van der Waals surface area (Å²) in [6.07, 6.45) is 1.43. The quantitative estimate of drug-likeness (QED) is 0.469. The average Bonchev–Trinajstić information content (AvgIpc) is 2.87. The minimum Gasteiger partial charge on any atom is -0.494 e. The summed E-state index contributed by atoms with van der Waals surface area (Å²) in [7, 11) is 0. The maximum absolute atomic E-state index is 10.4. The lowest BCUT2D eigenvalue weighted by Crippen LogP contribution is -1.89. The van der Waals surface area contributed by atoms with Crippen molar-refractivity contribution in [2.75, 3.05) is 6.61 Å². The van der Waals surface area contributed by atoms with Crippen LogP contribution < -0.4 is 4.74 Å². The molecule has 6 nitrogen and oxygen atoms in total. The molecule has 0 aliphatic carbocycles. The zero-order valence-corrected chi connectivity index (χ0v) is 10.3. The van der Waals surface area contributed by atoms with Gasteiger partial charge in [0.15, 0.2) is 5.76 Å². The first-order chi connectivity index (χ1) is 9.19. The highest BCUT2D eigenvalue weighted by atomic mass is 16.6. The first-order valence-corrected chi connectivity index (χ1v) is 5.70. The van der Waals surface area contributed by atoms with Gasteiger partial charge in [-0.15, -0.1) is 0 Å². The highest BCUT2D eigenvalue weighted by Crippen LogP contribution is 2.19. The highest BCUT2D eigenvalue weighted by molar-refractivity contribution is 5.79. The molecule has 1 aromatic heterocycles. The number of rotatable bonds is 5. The Hall–Kier alpha value is -2.63. The Morgan fingerprint density at radius 3 is 2.63 bits per heavy atom. The third-order valence-corrected chi connectivity index (χ3v) is 2.28. The SMILES string of the molecule is CCOc1ccc(N=Cc2ccc([N+](=O)[O-])o2)cc1. The Bertz CT molecular complexity index is 587. The van der Waals surface area contributed by atoms with E-state index < -0.39 is 4.92 Å². The Balaban J connectivity index is 2.06. The lowest BCUT2D eigenvalue weighted by atomic mass is 10.3. The summed E-state index contributed by atoms with van der Waals surface area (Å²) in [5.41, 5.74) is 0.711. The Morgan fingerprint density at radius 2 is 2.05 bits per heavy atom.